The first-order chi connectivity index (χ1) is 12.0. The number of unbranched alkanes of at least 4 members (excludes halogenated alkanes) is 3. The van der Waals surface area contributed by atoms with Crippen LogP contribution in [-0.4, -0.2) is 29.1 Å². The average molecular weight is 459 g/mol. The van der Waals surface area contributed by atoms with Gasteiger partial charge in [-0.2, -0.15) is 0 Å². The molecule has 1 fully saturated rings. The third kappa shape index (κ3) is 8.54. The van der Waals surface area contributed by atoms with E-state index in [1.54, 1.807) is 13.3 Å². The van der Waals surface area contributed by atoms with E-state index in [2.05, 4.69) is 41.5 Å². The maximum absolute atomic E-state index is 6.88. The van der Waals surface area contributed by atoms with Gasteiger partial charge >= 0.3 is 164 Å². The topological polar surface area (TPSA) is 9.23 Å². The molecule has 0 aliphatic heterocycles. The van der Waals surface area contributed by atoms with Gasteiger partial charge in [-0.05, 0) is 0 Å². The van der Waals surface area contributed by atoms with E-state index in [0.717, 1.165) is 17.8 Å². The van der Waals surface area contributed by atoms with Crippen LogP contribution in [-0.2, 0) is 4.74 Å². The first-order valence-electron chi connectivity index (χ1n) is 11.6. The predicted octanol–water partition coefficient (Wildman–Crippen LogP) is 7.85. The zero-order valence-corrected chi connectivity index (χ0v) is 21.3. The van der Waals surface area contributed by atoms with Crippen LogP contribution < -0.4 is 0 Å². The molecule has 150 valence electrons. The van der Waals surface area contributed by atoms with E-state index in [0.29, 0.717) is 6.10 Å². The van der Waals surface area contributed by atoms with Crippen LogP contribution in [0.4, 0.5) is 0 Å². The Morgan fingerprint density at radius 3 is 1.84 bits per heavy atom. The molecule has 0 radical (unpaired) electrons. The minimum atomic E-state index is -2.12. The van der Waals surface area contributed by atoms with Crippen molar-refractivity contribution in [2.75, 3.05) is 4.62 Å². The Kier molecular flexibility index (Phi) is 12.4. The molecule has 0 unspecified atom stereocenters. The van der Waals surface area contributed by atoms with Crippen molar-refractivity contribution in [2.24, 2.45) is 17.8 Å². The fourth-order valence-electron chi connectivity index (χ4n) is 4.84. The molecule has 1 rings (SSSR count). The minimum absolute atomic E-state index is 0.560. The summed E-state index contributed by atoms with van der Waals surface area (Å²) >= 11 is -2.12. The van der Waals surface area contributed by atoms with Gasteiger partial charge in [0.15, 0.2) is 0 Å². The molecule has 0 bridgehead atoms. The zero-order valence-electron chi connectivity index (χ0n) is 18.4. The molecule has 1 aliphatic rings. The van der Waals surface area contributed by atoms with Crippen LogP contribution in [0, 0.1) is 17.8 Å². The number of hydrogen-bond donors (Lipinski definition) is 0. The van der Waals surface area contributed by atoms with Gasteiger partial charge in [-0.1, -0.05) is 0 Å². The quantitative estimate of drug-likeness (QED) is 0.255. The molecule has 2 heteroatoms. The van der Waals surface area contributed by atoms with Crippen LogP contribution in [0.15, 0.2) is 0 Å². The van der Waals surface area contributed by atoms with Crippen LogP contribution in [0.1, 0.15) is 99.3 Å². The second-order valence-electron chi connectivity index (χ2n) is 9.49. The Hall–Kier alpha value is 0.759. The van der Waals surface area contributed by atoms with Crippen molar-refractivity contribution < 1.29 is 4.74 Å². The molecular weight excluding hydrogens is 411 g/mol. The van der Waals surface area contributed by atoms with Gasteiger partial charge in [-0.25, -0.2) is 0 Å². The summed E-state index contributed by atoms with van der Waals surface area (Å²) < 4.78 is 12.9. The second kappa shape index (κ2) is 13.0. The van der Waals surface area contributed by atoms with Crippen molar-refractivity contribution in [3.63, 3.8) is 0 Å². The van der Waals surface area contributed by atoms with Crippen LogP contribution >= 0.6 is 0 Å². The molecule has 0 aromatic heterocycles. The van der Waals surface area contributed by atoms with Crippen molar-refractivity contribution in [1.82, 2.24) is 0 Å². The van der Waals surface area contributed by atoms with E-state index in [1.165, 1.54) is 62.4 Å². The molecule has 0 N–H and O–H groups in total. The van der Waals surface area contributed by atoms with Crippen LogP contribution in [0.3, 0.4) is 0 Å². The Balaban J connectivity index is 2.78. The van der Waals surface area contributed by atoms with Gasteiger partial charge in [-0.3, -0.25) is 0 Å². The van der Waals surface area contributed by atoms with Crippen molar-refractivity contribution in [1.29, 1.82) is 0 Å². The molecule has 0 spiro atoms. The Labute approximate surface area is 163 Å². The van der Waals surface area contributed by atoms with Gasteiger partial charge < -0.3 is 0 Å². The first-order valence-corrected chi connectivity index (χ1v) is 19.7. The van der Waals surface area contributed by atoms with Crippen LogP contribution in [0.5, 0.6) is 0 Å². The molecule has 3 atom stereocenters. The van der Waals surface area contributed by atoms with Gasteiger partial charge in [0.25, 0.3) is 0 Å². The van der Waals surface area contributed by atoms with Crippen molar-refractivity contribution in [3.8, 4) is 0 Å². The Bertz CT molecular complexity index is 306. The predicted molar refractivity (Wildman–Crippen MR) is 116 cm³/mol. The number of ether oxygens (including phenoxy) is 1. The summed E-state index contributed by atoms with van der Waals surface area (Å²) in [6, 6.07) is 0. The van der Waals surface area contributed by atoms with Crippen LogP contribution in [0.25, 0.3) is 0 Å². The average Bonchev–Trinajstić information content (AvgIpc) is 2.60. The summed E-state index contributed by atoms with van der Waals surface area (Å²) in [4.78, 5) is 0. The van der Waals surface area contributed by atoms with Gasteiger partial charge in [0.1, 0.15) is 0 Å². The second-order valence-corrected chi connectivity index (χ2v) is 23.2. The molecule has 0 aromatic rings. The Morgan fingerprint density at radius 2 is 1.40 bits per heavy atom. The molecule has 0 amide bonds. The summed E-state index contributed by atoms with van der Waals surface area (Å²) in [6.07, 6.45) is 13.2. The third-order valence-corrected chi connectivity index (χ3v) is 21.1. The molecule has 0 heterocycles. The molecule has 1 aliphatic carbocycles. The summed E-state index contributed by atoms with van der Waals surface area (Å²) in [5.74, 6) is 2.46. The van der Waals surface area contributed by atoms with E-state index in [4.69, 9.17) is 4.74 Å². The van der Waals surface area contributed by atoms with E-state index < -0.39 is 18.4 Å². The van der Waals surface area contributed by atoms with Crippen molar-refractivity contribution in [2.45, 2.75) is 119 Å². The van der Waals surface area contributed by atoms with Gasteiger partial charge in [0.2, 0.25) is 0 Å². The van der Waals surface area contributed by atoms with Gasteiger partial charge in [0, 0.05) is 0 Å². The van der Waals surface area contributed by atoms with E-state index in [-0.39, 0.29) is 0 Å². The van der Waals surface area contributed by atoms with Crippen molar-refractivity contribution in [3.05, 3.63) is 0 Å². The summed E-state index contributed by atoms with van der Waals surface area (Å²) in [5.41, 5.74) is 0. The van der Waals surface area contributed by atoms with Crippen LogP contribution in [0.2, 0.25) is 13.3 Å². The van der Waals surface area contributed by atoms with E-state index in [1.807, 2.05) is 0 Å². The molecule has 0 saturated heterocycles. The molecule has 1 saturated carbocycles. The fraction of sp³-hybridized carbons (Fsp3) is 1.00. The van der Waals surface area contributed by atoms with Gasteiger partial charge in [0.05, 0.1) is 0 Å². The van der Waals surface area contributed by atoms with Gasteiger partial charge in [-0.15, -0.1) is 0 Å². The third-order valence-electron chi connectivity index (χ3n) is 6.75. The SMILES string of the molecule is CCC[CH2][Sn]([CH2]CCC)([CH2]CCC)[CH2]O[C@H]1C[C@@H](C)CC[C@@H]1C(C)C. The maximum atomic E-state index is 6.88. The molecule has 0 aromatic carbocycles. The van der Waals surface area contributed by atoms with Crippen molar-refractivity contribution >= 4 is 18.4 Å². The number of hydrogen-bond acceptors (Lipinski definition) is 1. The fourth-order valence-corrected chi connectivity index (χ4v) is 19.3. The monoisotopic (exact) mass is 460 g/mol. The Morgan fingerprint density at radius 1 is 0.880 bits per heavy atom. The molecule has 1 nitrogen and oxygen atoms in total. The molecular formula is C23H48OSn. The van der Waals surface area contributed by atoms with E-state index in [9.17, 15) is 0 Å². The normalized spacial score (nSPS) is 24.8. The van der Waals surface area contributed by atoms with E-state index >= 15 is 0 Å². The molecule has 25 heavy (non-hydrogen) atoms. The number of rotatable bonds is 13. The standard InChI is InChI=1S/C11H21O.3C4H9.Sn/c1-8(2)10-6-5-9(3)7-11(10)12-4;3*1-3-4-2;/h8-11H,4-7H2,1-3H3;3*1,3-4H2,2H3;/t9-,10+,11-;;;;/m0..../s1. The summed E-state index contributed by atoms with van der Waals surface area (Å²) in [5, 5.41) is 0. The zero-order chi connectivity index (χ0) is 18.7. The summed E-state index contributed by atoms with van der Waals surface area (Å²) in [7, 11) is 0. The summed E-state index contributed by atoms with van der Waals surface area (Å²) in [6.45, 7) is 14.4. The first kappa shape index (κ1) is 23.8.